The van der Waals surface area contributed by atoms with Crippen molar-refractivity contribution < 1.29 is 19.1 Å². The molecule has 2 N–H and O–H groups in total. The molecule has 0 spiro atoms. The van der Waals surface area contributed by atoms with Crippen molar-refractivity contribution in [3.05, 3.63) is 27.4 Å². The number of aryl methyl sites for hydroxylation is 3. The second kappa shape index (κ2) is 5.31. The molecule has 0 aliphatic carbocycles. The van der Waals surface area contributed by atoms with Gasteiger partial charge in [0.05, 0.1) is 11.0 Å². The fourth-order valence-corrected chi connectivity index (χ4v) is 4.01. The highest BCUT2D eigenvalue weighted by Gasteiger charge is 2.29. The van der Waals surface area contributed by atoms with Gasteiger partial charge in [-0.25, -0.2) is 4.98 Å². The van der Waals surface area contributed by atoms with Gasteiger partial charge in [-0.1, -0.05) is 11.6 Å². The number of nitrogen functional groups attached to an aromatic ring is 1. The number of hydrogen-bond acceptors (Lipinski definition) is 7. The van der Waals surface area contributed by atoms with Gasteiger partial charge in [-0.15, -0.1) is 11.3 Å². The maximum absolute atomic E-state index is 12.7. The second-order valence-electron chi connectivity index (χ2n) is 5.34. The fourth-order valence-electron chi connectivity index (χ4n) is 2.87. The number of carbonyl (C=O) groups excluding carboxylic acids is 1. The quantitative estimate of drug-likeness (QED) is 0.570. The summed E-state index contributed by atoms with van der Waals surface area (Å²) in [5, 5.41) is 15.9. The minimum absolute atomic E-state index is 0.145. The summed E-state index contributed by atoms with van der Waals surface area (Å²) in [5.41, 5.74) is 9.50. The smallest absolute Gasteiger partial charge is 0.305 e. The first-order chi connectivity index (χ1) is 10.9. The molecule has 7 nitrogen and oxygen atoms in total. The first-order valence-corrected chi connectivity index (χ1v) is 7.94. The van der Waals surface area contributed by atoms with Gasteiger partial charge in [-0.2, -0.15) is 0 Å². The minimum atomic E-state index is -0.774. The summed E-state index contributed by atoms with van der Waals surface area (Å²) in [6, 6.07) is 0. The van der Waals surface area contributed by atoms with Crippen molar-refractivity contribution in [2.45, 2.75) is 27.2 Å². The Balaban J connectivity index is 2.26. The summed E-state index contributed by atoms with van der Waals surface area (Å²) in [7, 11) is 1.48. The highest BCUT2D eigenvalue weighted by Crippen LogP contribution is 2.38. The third-order valence-electron chi connectivity index (χ3n) is 4.00. The molecule has 0 aliphatic rings. The highest BCUT2D eigenvalue weighted by molar-refractivity contribution is 7.21. The number of carbonyl (C=O) groups is 1. The molecule has 0 saturated carbocycles. The molecule has 120 valence electrons. The molecule has 0 amide bonds. The molecule has 0 saturated heterocycles. The third kappa shape index (κ3) is 2.17. The topological polar surface area (TPSA) is 109 Å². The zero-order chi connectivity index (χ0) is 16.9. The van der Waals surface area contributed by atoms with E-state index in [1.807, 2.05) is 13.8 Å². The van der Waals surface area contributed by atoms with Crippen molar-refractivity contribution in [2.24, 2.45) is 7.05 Å². The van der Waals surface area contributed by atoms with Crippen molar-refractivity contribution in [1.82, 2.24) is 10.3 Å². The number of anilines is 1. The Morgan fingerprint density at radius 1 is 1.43 bits per heavy atom. The molecule has 23 heavy (non-hydrogen) atoms. The predicted molar refractivity (Wildman–Crippen MR) is 83.4 cm³/mol. The number of fused-ring (bicyclic) bond motifs is 1. The first kappa shape index (κ1) is 15.4. The van der Waals surface area contributed by atoms with Crippen LogP contribution in [0.25, 0.3) is 10.2 Å². The number of ketones is 1. The maximum Gasteiger partial charge on any atom is 0.305 e. The molecule has 3 aromatic rings. The lowest BCUT2D eigenvalue weighted by Gasteiger charge is -2.08. The summed E-state index contributed by atoms with van der Waals surface area (Å²) in [6.07, 6.45) is 0.838. The molecule has 0 unspecified atom stereocenters. The van der Waals surface area contributed by atoms with Crippen LogP contribution in [0.4, 0.5) is 5.69 Å². The predicted octanol–water partition coefficient (Wildman–Crippen LogP) is 1.17. The molecule has 3 aromatic heterocycles. The maximum atomic E-state index is 12.7. The van der Waals surface area contributed by atoms with Crippen LogP contribution in [-0.4, -0.2) is 16.0 Å². The van der Waals surface area contributed by atoms with E-state index in [-0.39, 0.29) is 5.69 Å². The number of aromatic nitrogens is 3. The largest absolute Gasteiger partial charge is 0.539 e. The lowest BCUT2D eigenvalue weighted by molar-refractivity contribution is -0.741. The van der Waals surface area contributed by atoms with Gasteiger partial charge < -0.3 is 15.4 Å². The van der Waals surface area contributed by atoms with E-state index < -0.39 is 11.7 Å². The summed E-state index contributed by atoms with van der Waals surface area (Å²) in [6.45, 7) is 5.97. The van der Waals surface area contributed by atoms with Gasteiger partial charge in [0.15, 0.2) is 13.0 Å². The van der Waals surface area contributed by atoms with Crippen LogP contribution in [0.15, 0.2) is 4.52 Å². The standard InChI is InChI=1S/C15H16N4O3S/c1-5-8-6(2)9-10(16)13(23-14(9)17-7(8)3)12(20)11-15(21)22-18-19(11)4/h5H2,1-4H3,(H2-,16,18,20,21). The molecular formula is C15H16N4O3S. The Morgan fingerprint density at radius 3 is 2.70 bits per heavy atom. The lowest BCUT2D eigenvalue weighted by atomic mass is 10.0. The lowest BCUT2D eigenvalue weighted by Crippen LogP contribution is -2.37. The first-order valence-electron chi connectivity index (χ1n) is 7.12. The fraction of sp³-hybridized carbons (Fsp3) is 0.333. The Hall–Kier alpha value is -2.48. The van der Waals surface area contributed by atoms with Crippen LogP contribution in [-0.2, 0) is 13.5 Å². The van der Waals surface area contributed by atoms with Crippen LogP contribution < -0.4 is 15.5 Å². The molecule has 0 aromatic carbocycles. The SMILES string of the molecule is CCc1c(C)nc2sc(C(=O)c3c([O-])on[n+]3C)c(N)c2c1C. The Morgan fingerprint density at radius 2 is 2.13 bits per heavy atom. The number of thiophene rings is 1. The number of nitrogens with zero attached hydrogens (tertiary/aromatic N) is 3. The monoisotopic (exact) mass is 332 g/mol. The Kier molecular flexibility index (Phi) is 3.56. The molecule has 0 fully saturated rings. The van der Waals surface area contributed by atoms with Crippen molar-refractivity contribution >= 4 is 33.0 Å². The van der Waals surface area contributed by atoms with Crippen molar-refractivity contribution in [3.8, 4) is 5.95 Å². The normalized spacial score (nSPS) is 11.3. The van der Waals surface area contributed by atoms with Gasteiger partial charge in [0.25, 0.3) is 5.78 Å². The number of pyridine rings is 1. The summed E-state index contributed by atoms with van der Waals surface area (Å²) >= 11 is 1.19. The Bertz CT molecular complexity index is 923. The number of nitrogens with two attached hydrogens (primary N) is 1. The van der Waals surface area contributed by atoms with Gasteiger partial charge in [0.2, 0.25) is 0 Å². The van der Waals surface area contributed by atoms with Gasteiger partial charge in [-0.3, -0.25) is 4.79 Å². The van der Waals surface area contributed by atoms with Crippen LogP contribution >= 0.6 is 11.3 Å². The summed E-state index contributed by atoms with van der Waals surface area (Å²) in [4.78, 5) is 18.2. The highest BCUT2D eigenvalue weighted by atomic mass is 32.1. The van der Waals surface area contributed by atoms with E-state index in [4.69, 9.17) is 5.73 Å². The number of rotatable bonds is 3. The van der Waals surface area contributed by atoms with E-state index in [2.05, 4.69) is 21.7 Å². The van der Waals surface area contributed by atoms with Crippen LogP contribution in [0, 0.1) is 13.8 Å². The molecule has 0 atom stereocenters. The van der Waals surface area contributed by atoms with Gasteiger partial charge in [-0.05, 0) is 31.4 Å². The van der Waals surface area contributed by atoms with Crippen LogP contribution in [0.5, 0.6) is 5.95 Å². The molecule has 0 bridgehead atoms. The van der Waals surface area contributed by atoms with Gasteiger partial charge in [0.1, 0.15) is 9.71 Å². The van der Waals surface area contributed by atoms with E-state index in [0.29, 0.717) is 15.4 Å². The summed E-state index contributed by atoms with van der Waals surface area (Å²) in [5.74, 6) is -1.26. The molecule has 3 rings (SSSR count). The second-order valence-corrected chi connectivity index (χ2v) is 6.34. The van der Waals surface area contributed by atoms with E-state index in [0.717, 1.165) is 33.3 Å². The molecule has 0 aliphatic heterocycles. The molecule has 8 heteroatoms. The zero-order valence-electron chi connectivity index (χ0n) is 13.3. The third-order valence-corrected chi connectivity index (χ3v) is 5.10. The van der Waals surface area contributed by atoms with E-state index in [1.165, 1.54) is 18.4 Å². The van der Waals surface area contributed by atoms with Gasteiger partial charge in [0, 0.05) is 11.1 Å². The average molecular weight is 332 g/mol. The molecule has 3 heterocycles. The van der Waals surface area contributed by atoms with Crippen molar-refractivity contribution in [1.29, 1.82) is 0 Å². The average Bonchev–Trinajstić information content (AvgIpc) is 2.99. The minimum Gasteiger partial charge on any atom is -0.539 e. The number of hydrogen-bond donors (Lipinski definition) is 1. The summed E-state index contributed by atoms with van der Waals surface area (Å²) < 4.78 is 5.64. The van der Waals surface area contributed by atoms with Crippen LogP contribution in [0.3, 0.4) is 0 Å². The van der Waals surface area contributed by atoms with E-state index in [1.54, 1.807) is 0 Å². The van der Waals surface area contributed by atoms with Gasteiger partial charge >= 0.3 is 5.69 Å². The van der Waals surface area contributed by atoms with Crippen molar-refractivity contribution in [3.63, 3.8) is 0 Å². The van der Waals surface area contributed by atoms with E-state index >= 15 is 0 Å². The van der Waals surface area contributed by atoms with Crippen molar-refractivity contribution in [2.75, 3.05) is 5.73 Å². The zero-order valence-corrected chi connectivity index (χ0v) is 14.1. The van der Waals surface area contributed by atoms with E-state index in [9.17, 15) is 9.90 Å². The molecule has 0 radical (unpaired) electrons. The Labute approximate surface area is 136 Å². The molecular weight excluding hydrogens is 316 g/mol. The van der Waals surface area contributed by atoms with Crippen LogP contribution in [0.1, 0.15) is 39.1 Å². The van der Waals surface area contributed by atoms with Crippen LogP contribution in [0.2, 0.25) is 0 Å².